The summed E-state index contributed by atoms with van der Waals surface area (Å²) in [6, 6.07) is 15.8. The summed E-state index contributed by atoms with van der Waals surface area (Å²) in [6.45, 7) is 13.4. The molecule has 2 aromatic carbocycles. The van der Waals surface area contributed by atoms with Crippen LogP contribution >= 0.6 is 0 Å². The van der Waals surface area contributed by atoms with E-state index in [-0.39, 0.29) is 0 Å². The summed E-state index contributed by atoms with van der Waals surface area (Å²) in [4.78, 5) is 0. The molecule has 0 aliphatic heterocycles. The third-order valence-electron chi connectivity index (χ3n) is 8.24. The van der Waals surface area contributed by atoms with E-state index in [0.29, 0.717) is 157 Å². The second kappa shape index (κ2) is 39.3. The molecule has 0 aromatic heterocycles. The topological polar surface area (TPSA) is 137 Å². The van der Waals surface area contributed by atoms with Crippen LogP contribution < -0.4 is 15.2 Å². The Labute approximate surface area is 337 Å². The summed E-state index contributed by atoms with van der Waals surface area (Å²) in [6.07, 6.45) is 10.5. The van der Waals surface area contributed by atoms with Crippen LogP contribution in [0.5, 0.6) is 11.5 Å². The zero-order valence-electron chi connectivity index (χ0n) is 34.3. The number of aryl methyl sites for hydroxylation is 1. The molecule has 2 N–H and O–H groups in total. The highest BCUT2D eigenvalue weighted by atomic mass is 16.6. The molecule has 0 saturated carbocycles. The average Bonchev–Trinajstić information content (AvgIpc) is 3.21. The molecular weight excluding hydrogens is 722 g/mol. The van der Waals surface area contributed by atoms with Crippen LogP contribution in [-0.2, 0) is 53.8 Å². The van der Waals surface area contributed by atoms with Gasteiger partial charge in [0.25, 0.3) is 0 Å². The molecule has 0 amide bonds. The molecule has 13 heteroatoms. The highest BCUT2D eigenvalue weighted by Crippen LogP contribution is 2.19. The first kappa shape index (κ1) is 49.6. The van der Waals surface area contributed by atoms with Crippen molar-refractivity contribution in [1.82, 2.24) is 0 Å². The first-order chi connectivity index (χ1) is 27.8. The van der Waals surface area contributed by atoms with Crippen LogP contribution in [0.3, 0.4) is 0 Å². The van der Waals surface area contributed by atoms with E-state index < -0.39 is 0 Å². The number of rotatable bonds is 43. The molecule has 0 heterocycles. The van der Waals surface area contributed by atoms with Crippen molar-refractivity contribution in [2.45, 2.75) is 58.3 Å². The van der Waals surface area contributed by atoms with Gasteiger partial charge in [-0.1, -0.05) is 69.7 Å². The summed E-state index contributed by atoms with van der Waals surface area (Å²) in [5, 5.41) is 0. The minimum Gasteiger partial charge on any atom is -0.491 e. The largest absolute Gasteiger partial charge is 0.491 e. The fourth-order valence-corrected chi connectivity index (χ4v) is 5.16. The predicted octanol–water partition coefficient (Wildman–Crippen LogP) is 6.19. The lowest BCUT2D eigenvalue weighted by Crippen LogP contribution is -2.15. The SMILES string of the molecule is CCCCCCCCCc1ccc(OCCOCCOCCOCCOCCOCCOCCOCCOCCOCCOCCOc2ccccc2N)cc1. The van der Waals surface area contributed by atoms with Gasteiger partial charge in [-0.2, -0.15) is 0 Å². The average molecular weight is 796 g/mol. The van der Waals surface area contributed by atoms with Gasteiger partial charge in [-0.05, 0) is 42.7 Å². The molecule has 0 atom stereocenters. The van der Waals surface area contributed by atoms with Gasteiger partial charge in [-0.3, -0.25) is 0 Å². The molecule has 0 saturated heterocycles. The Morgan fingerprint density at radius 2 is 0.696 bits per heavy atom. The van der Waals surface area contributed by atoms with Crippen molar-refractivity contribution in [2.24, 2.45) is 0 Å². The van der Waals surface area contributed by atoms with Gasteiger partial charge in [0.05, 0.1) is 138 Å². The lowest BCUT2D eigenvalue weighted by Gasteiger charge is -2.10. The Balaban J connectivity index is 1.17. The lowest BCUT2D eigenvalue weighted by molar-refractivity contribution is -0.0269. The normalized spacial score (nSPS) is 11.4. The van der Waals surface area contributed by atoms with E-state index in [4.69, 9.17) is 62.6 Å². The van der Waals surface area contributed by atoms with Gasteiger partial charge in [0.1, 0.15) is 24.7 Å². The van der Waals surface area contributed by atoms with Crippen molar-refractivity contribution in [2.75, 3.05) is 151 Å². The van der Waals surface area contributed by atoms with Crippen LogP contribution in [-0.4, -0.2) is 145 Å². The monoisotopic (exact) mass is 796 g/mol. The Bertz CT molecular complexity index is 1100. The van der Waals surface area contributed by atoms with Gasteiger partial charge in [0, 0.05) is 0 Å². The second-order valence-corrected chi connectivity index (χ2v) is 12.9. The number of hydrogen-bond donors (Lipinski definition) is 1. The Kier molecular flexibility index (Phi) is 34.8. The number of nitrogen functional groups attached to an aromatic ring is 1. The maximum absolute atomic E-state index is 5.83. The molecular formula is C43H73NO12. The van der Waals surface area contributed by atoms with Crippen LogP contribution in [0.2, 0.25) is 0 Å². The van der Waals surface area contributed by atoms with Crippen LogP contribution in [0.15, 0.2) is 48.5 Å². The van der Waals surface area contributed by atoms with Gasteiger partial charge in [0.2, 0.25) is 0 Å². The third-order valence-corrected chi connectivity index (χ3v) is 8.24. The van der Waals surface area contributed by atoms with E-state index in [1.54, 1.807) is 6.07 Å². The highest BCUT2D eigenvalue weighted by molar-refractivity contribution is 5.51. The molecule has 322 valence electrons. The van der Waals surface area contributed by atoms with Crippen LogP contribution in [0, 0.1) is 0 Å². The van der Waals surface area contributed by atoms with E-state index in [9.17, 15) is 0 Å². The molecule has 56 heavy (non-hydrogen) atoms. The smallest absolute Gasteiger partial charge is 0.142 e. The highest BCUT2D eigenvalue weighted by Gasteiger charge is 2.01. The Morgan fingerprint density at radius 1 is 0.357 bits per heavy atom. The second-order valence-electron chi connectivity index (χ2n) is 12.9. The number of benzene rings is 2. The summed E-state index contributed by atoms with van der Waals surface area (Å²) in [5.41, 5.74) is 7.83. The quantitative estimate of drug-likeness (QED) is 0.0605. The number of nitrogens with two attached hydrogens (primary N) is 1. The standard InChI is InChI=1S/C43H73NO12/c1-2-3-4-5-6-7-8-11-40-14-16-41(17-15-40)55-38-36-53-34-32-51-30-28-49-26-24-47-22-20-45-18-19-46-21-23-48-25-27-50-29-31-52-33-35-54-37-39-56-43-13-10-9-12-42(43)44/h9-10,12-17H,2-8,11,18-39,44H2,1H3. The van der Waals surface area contributed by atoms with Crippen molar-refractivity contribution >= 4 is 5.69 Å². The maximum atomic E-state index is 5.83. The first-order valence-electron chi connectivity index (χ1n) is 20.8. The Hall–Kier alpha value is -2.56. The minimum absolute atomic E-state index is 0.438. The van der Waals surface area contributed by atoms with Crippen molar-refractivity contribution in [1.29, 1.82) is 0 Å². The Morgan fingerprint density at radius 3 is 1.09 bits per heavy atom. The lowest BCUT2D eigenvalue weighted by atomic mass is 10.0. The first-order valence-corrected chi connectivity index (χ1v) is 20.8. The van der Waals surface area contributed by atoms with Crippen LogP contribution in [0.25, 0.3) is 0 Å². The van der Waals surface area contributed by atoms with Gasteiger partial charge in [0.15, 0.2) is 0 Å². The zero-order chi connectivity index (χ0) is 39.7. The van der Waals surface area contributed by atoms with Gasteiger partial charge >= 0.3 is 0 Å². The maximum Gasteiger partial charge on any atom is 0.142 e. The molecule has 0 fully saturated rings. The minimum atomic E-state index is 0.438. The number of hydrogen-bond acceptors (Lipinski definition) is 13. The summed E-state index contributed by atoms with van der Waals surface area (Å²) < 4.78 is 66.6. The van der Waals surface area contributed by atoms with Crippen LogP contribution in [0.1, 0.15) is 57.4 Å². The van der Waals surface area contributed by atoms with Gasteiger partial charge in [-0.25, -0.2) is 0 Å². The van der Waals surface area contributed by atoms with E-state index in [0.717, 1.165) is 12.2 Å². The molecule has 2 rings (SSSR count). The van der Waals surface area contributed by atoms with Crippen molar-refractivity contribution in [3.63, 3.8) is 0 Å². The van der Waals surface area contributed by atoms with Gasteiger partial charge < -0.3 is 62.6 Å². The number of ether oxygens (including phenoxy) is 12. The van der Waals surface area contributed by atoms with Crippen molar-refractivity contribution < 1.29 is 56.8 Å². The van der Waals surface area contributed by atoms with Crippen molar-refractivity contribution in [3.05, 3.63) is 54.1 Å². The number of para-hydroxylation sites is 2. The molecule has 13 nitrogen and oxygen atoms in total. The molecule has 0 radical (unpaired) electrons. The summed E-state index contributed by atoms with van der Waals surface area (Å²) >= 11 is 0. The summed E-state index contributed by atoms with van der Waals surface area (Å²) in [5.74, 6) is 1.55. The van der Waals surface area contributed by atoms with E-state index in [1.165, 1.54) is 50.5 Å². The predicted molar refractivity (Wildman–Crippen MR) is 218 cm³/mol. The molecule has 2 aromatic rings. The molecule has 0 spiro atoms. The van der Waals surface area contributed by atoms with Crippen LogP contribution in [0.4, 0.5) is 5.69 Å². The van der Waals surface area contributed by atoms with E-state index >= 15 is 0 Å². The number of anilines is 1. The molecule has 0 bridgehead atoms. The fourth-order valence-electron chi connectivity index (χ4n) is 5.16. The fraction of sp³-hybridized carbons (Fsp3) is 0.721. The molecule has 0 aliphatic rings. The molecule has 0 unspecified atom stereocenters. The van der Waals surface area contributed by atoms with Gasteiger partial charge in [-0.15, -0.1) is 0 Å². The molecule has 0 aliphatic carbocycles. The van der Waals surface area contributed by atoms with E-state index in [1.807, 2.05) is 18.2 Å². The third kappa shape index (κ3) is 31.5. The van der Waals surface area contributed by atoms with E-state index in [2.05, 4.69) is 31.2 Å². The zero-order valence-corrected chi connectivity index (χ0v) is 34.3. The summed E-state index contributed by atoms with van der Waals surface area (Å²) in [7, 11) is 0. The number of unbranched alkanes of at least 4 members (excludes halogenated alkanes) is 6. The van der Waals surface area contributed by atoms with Crippen molar-refractivity contribution in [3.8, 4) is 11.5 Å².